The summed E-state index contributed by atoms with van der Waals surface area (Å²) in [5, 5.41) is 9.06. The van der Waals surface area contributed by atoms with Gasteiger partial charge in [0.2, 0.25) is 5.82 Å². The van der Waals surface area contributed by atoms with Gasteiger partial charge in [0.1, 0.15) is 11.6 Å². The molecule has 0 N–H and O–H groups in total. The summed E-state index contributed by atoms with van der Waals surface area (Å²) < 4.78 is 33.9. The first kappa shape index (κ1) is 16.5. The van der Waals surface area contributed by atoms with Gasteiger partial charge in [0.25, 0.3) is 0 Å². The van der Waals surface area contributed by atoms with Crippen LogP contribution in [0.1, 0.15) is 5.56 Å². The van der Waals surface area contributed by atoms with Crippen LogP contribution in [-0.2, 0) is 5.75 Å². The first-order valence-corrected chi connectivity index (χ1v) is 8.82. The fraction of sp³-hybridized carbons (Fsp3) is 0.0526. The van der Waals surface area contributed by atoms with E-state index >= 15 is 0 Å². The van der Waals surface area contributed by atoms with Gasteiger partial charge in [0, 0.05) is 5.75 Å². The standard InChI is InChI=1S/C19H13F2N3OS/c20-14-6-8-16(9-7-14)24-18(17-5-2-10-25-17)22-23-19(24)26-12-13-3-1-4-15(21)11-13/h1-11H,12H2. The van der Waals surface area contributed by atoms with Gasteiger partial charge in [-0.05, 0) is 54.1 Å². The molecule has 2 aromatic heterocycles. The number of rotatable bonds is 5. The molecule has 0 atom stereocenters. The Labute approximate surface area is 152 Å². The lowest BCUT2D eigenvalue weighted by molar-refractivity contribution is 0.575. The molecule has 4 rings (SSSR count). The van der Waals surface area contributed by atoms with Gasteiger partial charge in [-0.1, -0.05) is 23.9 Å². The number of aromatic nitrogens is 3. The van der Waals surface area contributed by atoms with E-state index in [1.807, 2.05) is 6.07 Å². The Morgan fingerprint density at radius 1 is 0.923 bits per heavy atom. The van der Waals surface area contributed by atoms with Crippen LogP contribution in [0, 0.1) is 11.6 Å². The predicted molar refractivity (Wildman–Crippen MR) is 95.0 cm³/mol. The summed E-state index contributed by atoms with van der Waals surface area (Å²) in [6, 6.07) is 16.0. The van der Waals surface area contributed by atoms with Crippen LogP contribution < -0.4 is 0 Å². The molecule has 0 bridgehead atoms. The summed E-state index contributed by atoms with van der Waals surface area (Å²) in [6.07, 6.45) is 1.55. The number of thioether (sulfide) groups is 1. The van der Waals surface area contributed by atoms with Gasteiger partial charge >= 0.3 is 0 Å². The molecule has 0 saturated heterocycles. The van der Waals surface area contributed by atoms with E-state index in [0.717, 1.165) is 5.56 Å². The number of benzene rings is 2. The zero-order chi connectivity index (χ0) is 17.9. The summed E-state index contributed by atoms with van der Waals surface area (Å²) in [6.45, 7) is 0. The fourth-order valence-electron chi connectivity index (χ4n) is 2.53. The van der Waals surface area contributed by atoms with E-state index < -0.39 is 0 Å². The highest BCUT2D eigenvalue weighted by atomic mass is 32.2. The Kier molecular flexibility index (Phi) is 4.53. The number of hydrogen-bond donors (Lipinski definition) is 0. The highest BCUT2D eigenvalue weighted by molar-refractivity contribution is 7.98. The van der Waals surface area contributed by atoms with Crippen LogP contribution in [0.25, 0.3) is 17.3 Å². The molecule has 130 valence electrons. The van der Waals surface area contributed by atoms with E-state index in [9.17, 15) is 8.78 Å². The third-order valence-electron chi connectivity index (χ3n) is 3.72. The van der Waals surface area contributed by atoms with Crippen molar-refractivity contribution in [3.05, 3.63) is 84.1 Å². The average Bonchev–Trinajstić information content (AvgIpc) is 3.30. The van der Waals surface area contributed by atoms with Gasteiger partial charge in [-0.2, -0.15) is 0 Å². The molecular weight excluding hydrogens is 356 g/mol. The second kappa shape index (κ2) is 7.13. The van der Waals surface area contributed by atoms with Crippen molar-refractivity contribution >= 4 is 11.8 Å². The average molecular weight is 369 g/mol. The predicted octanol–water partition coefficient (Wildman–Crippen LogP) is 5.10. The molecule has 0 saturated carbocycles. The van der Waals surface area contributed by atoms with E-state index in [1.54, 1.807) is 41.2 Å². The molecule has 26 heavy (non-hydrogen) atoms. The van der Waals surface area contributed by atoms with Crippen LogP contribution in [0.5, 0.6) is 0 Å². The van der Waals surface area contributed by atoms with Gasteiger partial charge in [-0.15, -0.1) is 10.2 Å². The van der Waals surface area contributed by atoms with Crippen molar-refractivity contribution < 1.29 is 13.2 Å². The van der Waals surface area contributed by atoms with Crippen LogP contribution in [0.3, 0.4) is 0 Å². The number of halogens is 2. The maximum absolute atomic E-state index is 13.4. The van der Waals surface area contributed by atoms with Crippen molar-refractivity contribution in [2.45, 2.75) is 10.9 Å². The quantitative estimate of drug-likeness (QED) is 0.459. The molecule has 0 aliphatic carbocycles. The Morgan fingerprint density at radius 2 is 1.77 bits per heavy atom. The van der Waals surface area contributed by atoms with Gasteiger partial charge in [-0.3, -0.25) is 4.57 Å². The number of furan rings is 1. The minimum atomic E-state index is -0.324. The van der Waals surface area contributed by atoms with Crippen LogP contribution in [0.15, 0.2) is 76.5 Å². The van der Waals surface area contributed by atoms with Crippen molar-refractivity contribution in [1.82, 2.24) is 14.8 Å². The maximum atomic E-state index is 13.4. The molecule has 0 amide bonds. The zero-order valence-electron chi connectivity index (χ0n) is 13.5. The van der Waals surface area contributed by atoms with Crippen molar-refractivity contribution in [2.24, 2.45) is 0 Å². The first-order valence-electron chi connectivity index (χ1n) is 7.83. The second-order valence-electron chi connectivity index (χ2n) is 5.51. The summed E-state index contributed by atoms with van der Waals surface area (Å²) >= 11 is 1.41. The lowest BCUT2D eigenvalue weighted by atomic mass is 10.2. The molecule has 4 aromatic rings. The normalized spacial score (nSPS) is 11.0. The fourth-order valence-corrected chi connectivity index (χ4v) is 3.42. The van der Waals surface area contributed by atoms with E-state index in [1.165, 1.54) is 36.0 Å². The third-order valence-corrected chi connectivity index (χ3v) is 4.72. The van der Waals surface area contributed by atoms with E-state index in [0.29, 0.717) is 28.2 Å². The molecule has 0 aliphatic rings. The molecule has 0 spiro atoms. The molecule has 7 heteroatoms. The van der Waals surface area contributed by atoms with Crippen molar-refractivity contribution in [3.8, 4) is 17.3 Å². The number of hydrogen-bond acceptors (Lipinski definition) is 4. The zero-order valence-corrected chi connectivity index (χ0v) is 14.3. The van der Waals surface area contributed by atoms with E-state index in [2.05, 4.69) is 10.2 Å². The van der Waals surface area contributed by atoms with E-state index in [4.69, 9.17) is 4.42 Å². The summed E-state index contributed by atoms with van der Waals surface area (Å²) in [7, 11) is 0. The summed E-state index contributed by atoms with van der Waals surface area (Å²) in [5.41, 5.74) is 1.55. The maximum Gasteiger partial charge on any atom is 0.205 e. The lowest BCUT2D eigenvalue weighted by Crippen LogP contribution is -1.99. The lowest BCUT2D eigenvalue weighted by Gasteiger charge is -2.09. The minimum absolute atomic E-state index is 0.278. The highest BCUT2D eigenvalue weighted by Crippen LogP contribution is 2.30. The molecule has 2 heterocycles. The molecule has 0 radical (unpaired) electrons. The first-order chi connectivity index (χ1) is 12.7. The van der Waals surface area contributed by atoms with Gasteiger partial charge in [0.15, 0.2) is 10.9 Å². The van der Waals surface area contributed by atoms with Crippen LogP contribution in [0.2, 0.25) is 0 Å². The Balaban J connectivity index is 1.71. The van der Waals surface area contributed by atoms with Crippen LogP contribution in [0.4, 0.5) is 8.78 Å². The molecule has 4 nitrogen and oxygen atoms in total. The third kappa shape index (κ3) is 3.39. The number of nitrogens with zero attached hydrogens (tertiary/aromatic N) is 3. The van der Waals surface area contributed by atoms with Gasteiger partial charge in [0.05, 0.1) is 12.0 Å². The largest absolute Gasteiger partial charge is 0.461 e. The SMILES string of the molecule is Fc1ccc(-n2c(SCc3cccc(F)c3)nnc2-c2ccco2)cc1. The molecule has 2 aromatic carbocycles. The molecule has 0 unspecified atom stereocenters. The Bertz CT molecular complexity index is 1010. The van der Waals surface area contributed by atoms with E-state index in [-0.39, 0.29) is 11.6 Å². The molecule has 0 aliphatic heterocycles. The topological polar surface area (TPSA) is 43.9 Å². The minimum Gasteiger partial charge on any atom is -0.461 e. The molecule has 0 fully saturated rings. The van der Waals surface area contributed by atoms with Crippen molar-refractivity contribution in [1.29, 1.82) is 0 Å². The van der Waals surface area contributed by atoms with Crippen molar-refractivity contribution in [3.63, 3.8) is 0 Å². The van der Waals surface area contributed by atoms with Crippen LogP contribution in [-0.4, -0.2) is 14.8 Å². The summed E-state index contributed by atoms with van der Waals surface area (Å²) in [5.74, 6) is 0.993. The Hall–Kier alpha value is -2.93. The second-order valence-corrected chi connectivity index (χ2v) is 6.46. The van der Waals surface area contributed by atoms with Crippen molar-refractivity contribution in [2.75, 3.05) is 0 Å². The molecular formula is C19H13F2N3OS. The van der Waals surface area contributed by atoms with Gasteiger partial charge < -0.3 is 4.42 Å². The van der Waals surface area contributed by atoms with Gasteiger partial charge in [-0.25, -0.2) is 8.78 Å². The highest BCUT2D eigenvalue weighted by Gasteiger charge is 2.18. The smallest absolute Gasteiger partial charge is 0.205 e. The monoisotopic (exact) mass is 369 g/mol. The Morgan fingerprint density at radius 3 is 2.50 bits per heavy atom. The van der Waals surface area contributed by atoms with Crippen LogP contribution >= 0.6 is 11.8 Å². The summed E-state index contributed by atoms with van der Waals surface area (Å²) in [4.78, 5) is 0.